The van der Waals surface area contributed by atoms with Crippen molar-refractivity contribution in [2.24, 2.45) is 0 Å². The first-order chi connectivity index (χ1) is 31.7. The molecule has 0 N–H and O–H groups in total. The average molecular weight is 1100 g/mol. The van der Waals surface area contributed by atoms with Crippen molar-refractivity contribution in [3.63, 3.8) is 0 Å². The number of thiophene rings is 6. The molecule has 1 nitrogen and oxygen atoms in total. The van der Waals surface area contributed by atoms with Gasteiger partial charge in [0.05, 0.1) is 14.2 Å². The van der Waals surface area contributed by atoms with Crippen molar-refractivity contribution in [3.8, 4) is 0 Å². The van der Waals surface area contributed by atoms with Crippen LogP contribution in [-0.4, -0.2) is 4.98 Å². The Bertz CT molecular complexity index is 2320. The van der Waals surface area contributed by atoms with Crippen LogP contribution in [0.5, 0.6) is 0 Å². The molecule has 0 saturated carbocycles. The van der Waals surface area contributed by atoms with Crippen LogP contribution in [0.2, 0.25) is 9.36 Å². The standard InChI is InChI=1S/C9H13N.2C9H14S.C8H11ClS.C8H10F2S.C8H12S.C7H9ClS/c1-7(2)9-4-5-10-8(3)6-9;1-7-5-8(10-6-7)9(2,3)4;1-7-5-6-8(10-7)9(2,3)4;1-8(2,3)7-6(9)4-5-10-7;1-5(2)6-3-4-7(11-6)8(9)10;1-6(2)8-5-4-7(3)9-8;1-5(2)6-3-4-7(8)9-6/h4-7H,1-3H3;2*5-6H,1-4H3;4-5H,1-3H3;3-5,8H,1-2H3;4-6H,1-3H3;3-5H,1-2H3. The van der Waals surface area contributed by atoms with Gasteiger partial charge in [-0.3, -0.25) is 4.98 Å². The highest BCUT2D eigenvalue weighted by Crippen LogP contribution is 2.34. The van der Waals surface area contributed by atoms with E-state index >= 15 is 0 Å². The maximum atomic E-state index is 12.1. The lowest BCUT2D eigenvalue weighted by atomic mass is 9.94. The fourth-order valence-corrected chi connectivity index (χ4v) is 11.8. The number of hydrogen-bond acceptors (Lipinski definition) is 7. The van der Waals surface area contributed by atoms with E-state index < -0.39 is 6.43 Å². The Hall–Kier alpha value is -2.21. The molecule has 0 amide bonds. The van der Waals surface area contributed by atoms with Gasteiger partial charge in [0.15, 0.2) is 0 Å². The van der Waals surface area contributed by atoms with Crippen LogP contribution in [0.15, 0.2) is 89.8 Å². The predicted molar refractivity (Wildman–Crippen MR) is 317 cm³/mol. The molecule has 0 atom stereocenters. The predicted octanol–water partition coefficient (Wildman–Crippen LogP) is 23.4. The Morgan fingerprint density at radius 2 is 0.986 bits per heavy atom. The van der Waals surface area contributed by atoms with E-state index in [4.69, 9.17) is 23.2 Å². The molecule has 7 aromatic heterocycles. The lowest BCUT2D eigenvalue weighted by Crippen LogP contribution is -2.08. The molecule has 0 aliphatic heterocycles. The van der Waals surface area contributed by atoms with Gasteiger partial charge in [-0.1, -0.05) is 141 Å². The Morgan fingerprint density at radius 3 is 1.23 bits per heavy atom. The van der Waals surface area contributed by atoms with Crippen molar-refractivity contribution >= 4 is 91.2 Å². The van der Waals surface area contributed by atoms with Crippen molar-refractivity contribution < 1.29 is 8.78 Å². The second kappa shape index (κ2) is 30.7. The quantitative estimate of drug-likeness (QED) is 0.167. The minimum absolute atomic E-state index is 0.175. The minimum Gasteiger partial charge on any atom is -0.262 e. The molecule has 0 saturated heterocycles. The number of halogens is 4. The monoisotopic (exact) mass is 1090 g/mol. The fourth-order valence-electron chi connectivity index (χ4n) is 5.62. The molecule has 0 fully saturated rings. The van der Waals surface area contributed by atoms with E-state index in [1.807, 2.05) is 78.5 Å². The van der Waals surface area contributed by atoms with Crippen molar-refractivity contribution in [1.29, 1.82) is 0 Å². The third kappa shape index (κ3) is 26.4. The summed E-state index contributed by atoms with van der Waals surface area (Å²) in [7, 11) is 0. The summed E-state index contributed by atoms with van der Waals surface area (Å²) in [4.78, 5) is 15.2. The molecule has 11 heteroatoms. The van der Waals surface area contributed by atoms with E-state index in [1.54, 1.807) is 28.7 Å². The summed E-state index contributed by atoms with van der Waals surface area (Å²) in [6.45, 7) is 45.6. The molecule has 0 aliphatic rings. The summed E-state index contributed by atoms with van der Waals surface area (Å²) >= 11 is 21.9. The zero-order valence-electron chi connectivity index (χ0n) is 45.5. The number of alkyl halides is 2. The van der Waals surface area contributed by atoms with Gasteiger partial charge < -0.3 is 0 Å². The van der Waals surface area contributed by atoms with Gasteiger partial charge in [-0.05, 0) is 162 Å². The lowest BCUT2D eigenvalue weighted by Gasteiger charge is -2.16. The molecule has 0 unspecified atom stereocenters. The first-order valence-corrected chi connectivity index (χ1v) is 29.5. The summed E-state index contributed by atoms with van der Waals surface area (Å²) in [5, 5.41) is 5.14. The second-order valence-electron chi connectivity index (χ2n) is 21.2. The van der Waals surface area contributed by atoms with E-state index in [1.165, 1.54) is 62.7 Å². The molecular formula is C58H83Cl2F2NS6. The zero-order valence-corrected chi connectivity index (χ0v) is 51.9. The first-order valence-electron chi connectivity index (χ1n) is 23.7. The summed E-state index contributed by atoms with van der Waals surface area (Å²) < 4.78 is 25.0. The van der Waals surface area contributed by atoms with Gasteiger partial charge in [-0.2, -0.15) is 0 Å². The summed E-state index contributed by atoms with van der Waals surface area (Å²) in [6.07, 6.45) is -0.447. The number of nitrogens with zero attached hydrogens (tertiary/aromatic N) is 1. The topological polar surface area (TPSA) is 12.9 Å². The van der Waals surface area contributed by atoms with E-state index in [0.29, 0.717) is 34.5 Å². The van der Waals surface area contributed by atoms with Crippen LogP contribution in [0.25, 0.3) is 0 Å². The van der Waals surface area contributed by atoms with Crippen LogP contribution in [0.1, 0.15) is 209 Å². The number of aryl methyl sites for hydroxylation is 4. The van der Waals surface area contributed by atoms with Crippen molar-refractivity contribution in [2.75, 3.05) is 0 Å². The van der Waals surface area contributed by atoms with Crippen molar-refractivity contribution in [2.45, 2.75) is 192 Å². The van der Waals surface area contributed by atoms with E-state index in [0.717, 1.165) is 19.9 Å². The van der Waals surface area contributed by atoms with Gasteiger partial charge in [0.2, 0.25) is 0 Å². The number of pyridine rings is 1. The Balaban J connectivity index is 0.000000403. The van der Waals surface area contributed by atoms with Gasteiger partial charge in [0.25, 0.3) is 6.43 Å². The van der Waals surface area contributed by atoms with E-state index in [9.17, 15) is 8.78 Å². The molecule has 0 aromatic carbocycles. The second-order valence-corrected chi connectivity index (χ2v) is 29.0. The summed E-state index contributed by atoms with van der Waals surface area (Å²) in [5.41, 5.74) is 4.72. The van der Waals surface area contributed by atoms with Gasteiger partial charge in [-0.15, -0.1) is 68.0 Å². The maximum Gasteiger partial charge on any atom is 0.272 e. The normalized spacial score (nSPS) is 11.3. The minimum atomic E-state index is -2.31. The largest absolute Gasteiger partial charge is 0.272 e. The highest BCUT2D eigenvalue weighted by Gasteiger charge is 2.18. The smallest absolute Gasteiger partial charge is 0.262 e. The molecule has 7 rings (SSSR count). The molecule has 7 heterocycles. The van der Waals surface area contributed by atoms with E-state index in [2.05, 4.69) is 184 Å². The average Bonchev–Trinajstić information content (AvgIpc) is 4.09. The molecule has 0 radical (unpaired) electrons. The van der Waals surface area contributed by atoms with Crippen LogP contribution in [-0.2, 0) is 16.2 Å². The molecule has 7 aromatic rings. The van der Waals surface area contributed by atoms with Crippen LogP contribution >= 0.6 is 91.2 Å². The maximum absolute atomic E-state index is 12.1. The summed E-state index contributed by atoms with van der Waals surface area (Å²) in [6, 6.07) is 24.5. The van der Waals surface area contributed by atoms with Gasteiger partial charge in [-0.25, -0.2) is 8.78 Å². The highest BCUT2D eigenvalue weighted by molar-refractivity contribution is 7.16. The highest BCUT2D eigenvalue weighted by atomic mass is 35.5. The Kier molecular flexibility index (Phi) is 28.9. The van der Waals surface area contributed by atoms with Gasteiger partial charge in [0, 0.05) is 50.9 Å². The van der Waals surface area contributed by atoms with Crippen LogP contribution in [0.3, 0.4) is 0 Å². The Morgan fingerprint density at radius 1 is 0.493 bits per heavy atom. The fraction of sp³-hybridized carbons (Fsp3) is 0.500. The van der Waals surface area contributed by atoms with Crippen LogP contribution in [0.4, 0.5) is 8.78 Å². The van der Waals surface area contributed by atoms with E-state index in [-0.39, 0.29) is 10.3 Å². The number of aromatic nitrogens is 1. The zero-order chi connectivity index (χ0) is 53.0. The molecule has 384 valence electrons. The third-order valence-corrected chi connectivity index (χ3v) is 18.7. The van der Waals surface area contributed by atoms with Crippen LogP contribution < -0.4 is 0 Å². The molecular weight excluding hydrogens is 1010 g/mol. The SMILES string of the molecule is CC(C)(C)c1sccc1Cl.CC(C)c1ccc(C(F)F)s1.CC(C)c1ccc(Cl)s1.Cc1cc(C(C)C)ccn1.Cc1ccc(C(C)(C)C)s1.Cc1ccc(C(C)C)s1.Cc1csc(C(C)(C)C)c1. The molecule has 0 spiro atoms. The lowest BCUT2D eigenvalue weighted by molar-refractivity contribution is 0.155. The Labute approximate surface area is 452 Å². The van der Waals surface area contributed by atoms with Crippen molar-refractivity contribution in [3.05, 3.63) is 160 Å². The third-order valence-electron chi connectivity index (χ3n) is 9.76. The molecule has 69 heavy (non-hydrogen) atoms. The summed E-state index contributed by atoms with van der Waals surface area (Å²) in [5.74, 6) is 2.28. The van der Waals surface area contributed by atoms with Gasteiger partial charge in [0.1, 0.15) is 0 Å². The molecule has 0 aliphatic carbocycles. The van der Waals surface area contributed by atoms with Crippen LogP contribution in [0, 0.1) is 27.7 Å². The molecule has 0 bridgehead atoms. The van der Waals surface area contributed by atoms with Gasteiger partial charge >= 0.3 is 0 Å². The first kappa shape index (κ1) is 64.8. The van der Waals surface area contributed by atoms with Crippen molar-refractivity contribution in [1.82, 2.24) is 4.98 Å². The number of hydrogen-bond donors (Lipinski definition) is 0. The number of rotatable bonds is 5.